The van der Waals surface area contributed by atoms with Gasteiger partial charge < -0.3 is 5.32 Å². The van der Waals surface area contributed by atoms with Crippen molar-refractivity contribution in [3.8, 4) is 0 Å². The maximum absolute atomic E-state index is 12.4. The Hall–Kier alpha value is -2.37. The first kappa shape index (κ1) is 15.0. The molecule has 21 heavy (non-hydrogen) atoms. The molecule has 0 aliphatic carbocycles. The second-order valence-electron chi connectivity index (χ2n) is 5.04. The van der Waals surface area contributed by atoms with Crippen LogP contribution in [-0.4, -0.2) is 41.9 Å². The van der Waals surface area contributed by atoms with Gasteiger partial charge in [0.25, 0.3) is 5.91 Å². The number of imide groups is 1. The van der Waals surface area contributed by atoms with Crippen LogP contribution in [0.2, 0.25) is 0 Å². The summed E-state index contributed by atoms with van der Waals surface area (Å²) < 4.78 is 0. The molecule has 1 heterocycles. The molecular formula is C15H19N3O3. The number of aryl methyl sites for hydroxylation is 1. The molecule has 1 aliphatic rings. The van der Waals surface area contributed by atoms with Gasteiger partial charge in [0.15, 0.2) is 0 Å². The van der Waals surface area contributed by atoms with Crippen LogP contribution in [-0.2, 0) is 9.59 Å². The standard InChI is InChI=1S/C15H19N3O3/c1-4-16-13(19)9-17-14(20)11(3)18(15(17)21)12-7-5-10(2)6-8-12/h5-8,11H,4,9H2,1-3H3,(H,16,19). The molecule has 6 nitrogen and oxygen atoms in total. The van der Waals surface area contributed by atoms with Crippen LogP contribution in [0.3, 0.4) is 0 Å². The minimum Gasteiger partial charge on any atom is -0.355 e. The van der Waals surface area contributed by atoms with Crippen LogP contribution in [0.5, 0.6) is 0 Å². The molecule has 2 rings (SSSR count). The van der Waals surface area contributed by atoms with E-state index in [0.29, 0.717) is 12.2 Å². The smallest absolute Gasteiger partial charge is 0.332 e. The first-order valence-corrected chi connectivity index (χ1v) is 6.93. The van der Waals surface area contributed by atoms with Crippen molar-refractivity contribution in [2.45, 2.75) is 26.8 Å². The predicted octanol–water partition coefficient (Wildman–Crippen LogP) is 1.29. The Morgan fingerprint density at radius 3 is 2.43 bits per heavy atom. The number of hydrogen-bond donors (Lipinski definition) is 1. The molecule has 0 radical (unpaired) electrons. The van der Waals surface area contributed by atoms with Gasteiger partial charge in [-0.1, -0.05) is 17.7 Å². The number of nitrogens with zero attached hydrogens (tertiary/aromatic N) is 2. The van der Waals surface area contributed by atoms with Crippen LogP contribution in [0.15, 0.2) is 24.3 Å². The lowest BCUT2D eigenvalue weighted by Crippen LogP contribution is -2.41. The summed E-state index contributed by atoms with van der Waals surface area (Å²) in [6.45, 7) is 5.63. The predicted molar refractivity (Wildman–Crippen MR) is 78.9 cm³/mol. The Labute approximate surface area is 123 Å². The van der Waals surface area contributed by atoms with Gasteiger partial charge in [0.2, 0.25) is 5.91 Å². The van der Waals surface area contributed by atoms with Gasteiger partial charge in [-0.15, -0.1) is 0 Å². The minimum absolute atomic E-state index is 0.238. The zero-order valence-corrected chi connectivity index (χ0v) is 12.4. The third-order valence-corrected chi connectivity index (χ3v) is 3.44. The molecule has 0 bridgehead atoms. The number of rotatable bonds is 4. The Balaban J connectivity index is 2.21. The van der Waals surface area contributed by atoms with E-state index in [4.69, 9.17) is 0 Å². The minimum atomic E-state index is -0.602. The van der Waals surface area contributed by atoms with Crippen LogP contribution in [0.1, 0.15) is 19.4 Å². The first-order chi connectivity index (χ1) is 9.95. The Morgan fingerprint density at radius 1 is 1.24 bits per heavy atom. The number of likely N-dealkylation sites (N-methyl/N-ethyl adjacent to an activating group) is 1. The van der Waals surface area contributed by atoms with Crippen molar-refractivity contribution >= 4 is 23.5 Å². The highest BCUT2D eigenvalue weighted by Gasteiger charge is 2.43. The van der Waals surface area contributed by atoms with E-state index in [0.717, 1.165) is 10.5 Å². The monoisotopic (exact) mass is 289 g/mol. The molecule has 1 fully saturated rings. The van der Waals surface area contributed by atoms with Crippen molar-refractivity contribution < 1.29 is 14.4 Å². The van der Waals surface area contributed by atoms with Gasteiger partial charge in [0.05, 0.1) is 0 Å². The quantitative estimate of drug-likeness (QED) is 0.849. The second-order valence-corrected chi connectivity index (χ2v) is 5.04. The fourth-order valence-electron chi connectivity index (χ4n) is 2.31. The highest BCUT2D eigenvalue weighted by molar-refractivity contribution is 6.15. The van der Waals surface area contributed by atoms with Crippen LogP contribution in [0.4, 0.5) is 10.5 Å². The zero-order chi connectivity index (χ0) is 15.6. The van der Waals surface area contributed by atoms with Gasteiger partial charge >= 0.3 is 6.03 Å². The number of benzene rings is 1. The highest BCUT2D eigenvalue weighted by Crippen LogP contribution is 2.25. The molecule has 4 amide bonds. The molecule has 1 saturated heterocycles. The van der Waals surface area contributed by atoms with Crippen LogP contribution >= 0.6 is 0 Å². The number of nitrogens with one attached hydrogen (secondary N) is 1. The Bertz CT molecular complexity index is 568. The van der Waals surface area contributed by atoms with Crippen LogP contribution in [0, 0.1) is 6.92 Å². The van der Waals surface area contributed by atoms with Crippen molar-refractivity contribution in [3.63, 3.8) is 0 Å². The number of urea groups is 1. The SMILES string of the molecule is CCNC(=O)CN1C(=O)C(C)N(c2ccc(C)cc2)C1=O. The summed E-state index contributed by atoms with van der Waals surface area (Å²) in [6, 6.07) is 6.30. The van der Waals surface area contributed by atoms with Crippen molar-refractivity contribution in [1.82, 2.24) is 10.2 Å². The van der Waals surface area contributed by atoms with Crippen molar-refractivity contribution in [3.05, 3.63) is 29.8 Å². The number of carbonyl (C=O) groups is 3. The summed E-state index contributed by atoms with van der Waals surface area (Å²) in [5.74, 6) is -0.691. The lowest BCUT2D eigenvalue weighted by atomic mass is 10.2. The molecule has 112 valence electrons. The molecule has 1 aromatic carbocycles. The largest absolute Gasteiger partial charge is 0.355 e. The van der Waals surface area contributed by atoms with Crippen molar-refractivity contribution in [1.29, 1.82) is 0 Å². The van der Waals surface area contributed by atoms with Gasteiger partial charge in [-0.2, -0.15) is 0 Å². The molecule has 1 aromatic rings. The summed E-state index contributed by atoms with van der Waals surface area (Å²) in [4.78, 5) is 38.6. The topological polar surface area (TPSA) is 69.7 Å². The van der Waals surface area contributed by atoms with Crippen molar-refractivity contribution in [2.24, 2.45) is 0 Å². The Kier molecular flexibility index (Phi) is 4.26. The normalized spacial score (nSPS) is 18.3. The van der Waals surface area contributed by atoms with Gasteiger partial charge in [-0.3, -0.25) is 19.4 Å². The van der Waals surface area contributed by atoms with Gasteiger partial charge in [-0.05, 0) is 32.9 Å². The third kappa shape index (κ3) is 2.89. The molecule has 0 spiro atoms. The van der Waals surface area contributed by atoms with Crippen LogP contribution < -0.4 is 10.2 Å². The van der Waals surface area contributed by atoms with E-state index in [1.165, 1.54) is 4.90 Å². The van der Waals surface area contributed by atoms with E-state index in [1.807, 2.05) is 19.1 Å². The summed E-state index contributed by atoms with van der Waals surface area (Å²) >= 11 is 0. The molecule has 1 N–H and O–H groups in total. The molecule has 1 unspecified atom stereocenters. The maximum Gasteiger partial charge on any atom is 0.332 e. The average molecular weight is 289 g/mol. The van der Waals surface area contributed by atoms with E-state index >= 15 is 0 Å². The lowest BCUT2D eigenvalue weighted by Gasteiger charge is -2.19. The molecule has 6 heteroatoms. The summed E-state index contributed by atoms with van der Waals surface area (Å²) in [5.41, 5.74) is 1.73. The molecular weight excluding hydrogens is 270 g/mol. The van der Waals surface area contributed by atoms with E-state index in [9.17, 15) is 14.4 Å². The van der Waals surface area contributed by atoms with Crippen LogP contribution in [0.25, 0.3) is 0 Å². The maximum atomic E-state index is 12.4. The molecule has 1 atom stereocenters. The van der Waals surface area contributed by atoms with Gasteiger partial charge in [-0.25, -0.2) is 4.79 Å². The molecule has 0 saturated carbocycles. The molecule has 0 aromatic heterocycles. The Morgan fingerprint density at radius 2 is 1.86 bits per heavy atom. The van der Waals surface area contributed by atoms with Gasteiger partial charge in [0, 0.05) is 12.2 Å². The zero-order valence-electron chi connectivity index (χ0n) is 12.4. The summed E-state index contributed by atoms with van der Waals surface area (Å²) in [5, 5.41) is 2.59. The van der Waals surface area contributed by atoms with E-state index in [-0.39, 0.29) is 18.4 Å². The fraction of sp³-hybridized carbons (Fsp3) is 0.400. The number of hydrogen-bond acceptors (Lipinski definition) is 3. The van der Waals surface area contributed by atoms with Crippen molar-refractivity contribution in [2.75, 3.05) is 18.0 Å². The number of carbonyl (C=O) groups excluding carboxylic acids is 3. The third-order valence-electron chi connectivity index (χ3n) is 3.44. The van der Waals surface area contributed by atoms with Gasteiger partial charge in [0.1, 0.15) is 12.6 Å². The molecule has 1 aliphatic heterocycles. The summed E-state index contributed by atoms with van der Waals surface area (Å²) in [6.07, 6.45) is 0. The highest BCUT2D eigenvalue weighted by atomic mass is 16.2. The van der Waals surface area contributed by atoms with E-state index in [2.05, 4.69) is 5.32 Å². The average Bonchev–Trinajstić information content (AvgIpc) is 2.65. The second kappa shape index (κ2) is 5.95. The number of amides is 4. The summed E-state index contributed by atoms with van der Waals surface area (Å²) in [7, 11) is 0. The number of anilines is 1. The first-order valence-electron chi connectivity index (χ1n) is 6.93. The lowest BCUT2D eigenvalue weighted by molar-refractivity contribution is -0.131. The fourth-order valence-corrected chi connectivity index (χ4v) is 2.31. The van der Waals surface area contributed by atoms with E-state index < -0.39 is 12.1 Å². The van der Waals surface area contributed by atoms with E-state index in [1.54, 1.807) is 26.0 Å².